The maximum Gasteiger partial charge on any atom is 0.267 e. The summed E-state index contributed by atoms with van der Waals surface area (Å²) in [7, 11) is 1.89. The van der Waals surface area contributed by atoms with E-state index in [4.69, 9.17) is 11.5 Å². The summed E-state index contributed by atoms with van der Waals surface area (Å²) in [6.07, 6.45) is 0. The lowest BCUT2D eigenvalue weighted by Crippen LogP contribution is -2.25. The number of anilines is 2. The molecule has 88 valence electrons. The van der Waals surface area contributed by atoms with Crippen LogP contribution < -0.4 is 16.4 Å². The molecule has 0 fully saturated rings. The predicted octanol–water partition coefficient (Wildman–Crippen LogP) is 0.855. The highest BCUT2D eigenvalue weighted by Gasteiger charge is 2.11. The molecule has 0 atom stereocenters. The highest BCUT2D eigenvalue weighted by atomic mass is 16.1. The van der Waals surface area contributed by atoms with E-state index in [2.05, 4.69) is 18.8 Å². The first-order valence-corrected chi connectivity index (χ1v) is 5.19. The van der Waals surface area contributed by atoms with Crippen molar-refractivity contribution < 1.29 is 4.79 Å². The fraction of sp³-hybridized carbons (Fsp3) is 0.455. The van der Waals surface area contributed by atoms with Gasteiger partial charge in [-0.1, -0.05) is 13.8 Å². The number of nitrogens with zero attached hydrogens (tertiary/aromatic N) is 2. The van der Waals surface area contributed by atoms with Gasteiger partial charge in [0.2, 0.25) is 0 Å². The Balaban J connectivity index is 3.02. The summed E-state index contributed by atoms with van der Waals surface area (Å²) in [6.45, 7) is 5.02. The van der Waals surface area contributed by atoms with E-state index in [1.807, 2.05) is 11.9 Å². The average molecular weight is 222 g/mol. The minimum Gasteiger partial charge on any atom is -0.396 e. The monoisotopic (exact) mass is 222 g/mol. The number of hydrogen-bond donors (Lipinski definition) is 2. The Kier molecular flexibility index (Phi) is 3.71. The third-order valence-corrected chi connectivity index (χ3v) is 2.16. The number of nitrogens with two attached hydrogens (primary N) is 2. The Morgan fingerprint density at radius 1 is 1.50 bits per heavy atom. The molecule has 0 aliphatic rings. The number of carbonyl (C=O) groups is 1. The van der Waals surface area contributed by atoms with Gasteiger partial charge >= 0.3 is 0 Å². The van der Waals surface area contributed by atoms with Gasteiger partial charge < -0.3 is 16.4 Å². The summed E-state index contributed by atoms with van der Waals surface area (Å²) in [5.74, 6) is 0.549. The van der Waals surface area contributed by atoms with Crippen molar-refractivity contribution in [2.24, 2.45) is 11.7 Å². The van der Waals surface area contributed by atoms with Gasteiger partial charge in [0.1, 0.15) is 5.69 Å². The van der Waals surface area contributed by atoms with Crippen LogP contribution in [0.5, 0.6) is 0 Å². The fourth-order valence-corrected chi connectivity index (χ4v) is 1.54. The van der Waals surface area contributed by atoms with E-state index < -0.39 is 5.91 Å². The second-order valence-corrected chi connectivity index (χ2v) is 4.25. The van der Waals surface area contributed by atoms with Crippen LogP contribution in [0.3, 0.4) is 0 Å². The molecular formula is C11H18N4O. The van der Waals surface area contributed by atoms with Gasteiger partial charge in [-0.15, -0.1) is 0 Å². The molecule has 0 bridgehead atoms. The van der Waals surface area contributed by atoms with Crippen LogP contribution in [0.15, 0.2) is 12.1 Å². The molecule has 1 aromatic heterocycles. The van der Waals surface area contributed by atoms with Crippen molar-refractivity contribution in [1.29, 1.82) is 0 Å². The van der Waals surface area contributed by atoms with Crippen molar-refractivity contribution in [3.63, 3.8) is 0 Å². The van der Waals surface area contributed by atoms with Crippen LogP contribution in [-0.2, 0) is 0 Å². The number of hydrogen-bond acceptors (Lipinski definition) is 4. The van der Waals surface area contributed by atoms with Gasteiger partial charge in [0, 0.05) is 13.6 Å². The smallest absolute Gasteiger partial charge is 0.267 e. The van der Waals surface area contributed by atoms with E-state index in [1.165, 1.54) is 6.07 Å². The third-order valence-electron chi connectivity index (χ3n) is 2.16. The zero-order valence-corrected chi connectivity index (χ0v) is 9.90. The fourth-order valence-electron chi connectivity index (χ4n) is 1.54. The first-order valence-electron chi connectivity index (χ1n) is 5.19. The lowest BCUT2D eigenvalue weighted by molar-refractivity contribution is 0.0995. The Hall–Kier alpha value is -1.78. The van der Waals surface area contributed by atoms with Crippen LogP contribution in [-0.4, -0.2) is 24.5 Å². The first-order chi connectivity index (χ1) is 7.41. The average Bonchev–Trinajstić information content (AvgIpc) is 2.16. The number of carbonyl (C=O) groups excluding carboxylic acids is 1. The largest absolute Gasteiger partial charge is 0.396 e. The van der Waals surface area contributed by atoms with Gasteiger partial charge in [-0.25, -0.2) is 4.98 Å². The quantitative estimate of drug-likeness (QED) is 0.791. The number of amides is 1. The molecule has 0 aliphatic heterocycles. The van der Waals surface area contributed by atoms with E-state index >= 15 is 0 Å². The van der Waals surface area contributed by atoms with Gasteiger partial charge in [-0.3, -0.25) is 4.79 Å². The van der Waals surface area contributed by atoms with E-state index in [-0.39, 0.29) is 5.69 Å². The van der Waals surface area contributed by atoms with Crippen molar-refractivity contribution >= 4 is 17.4 Å². The summed E-state index contributed by atoms with van der Waals surface area (Å²) in [6, 6.07) is 3.18. The van der Waals surface area contributed by atoms with Crippen molar-refractivity contribution in [1.82, 2.24) is 4.98 Å². The lowest BCUT2D eigenvalue weighted by Gasteiger charge is -2.22. The highest BCUT2D eigenvalue weighted by Crippen LogP contribution is 2.20. The van der Waals surface area contributed by atoms with Crippen LogP contribution in [0, 0.1) is 5.92 Å². The molecule has 5 heteroatoms. The zero-order valence-electron chi connectivity index (χ0n) is 9.90. The molecule has 0 spiro atoms. The molecule has 1 aromatic rings. The highest BCUT2D eigenvalue weighted by molar-refractivity contribution is 5.91. The van der Waals surface area contributed by atoms with Crippen molar-refractivity contribution in [3.8, 4) is 0 Å². The minimum absolute atomic E-state index is 0.236. The van der Waals surface area contributed by atoms with Crippen LogP contribution in [0.1, 0.15) is 24.3 Å². The van der Waals surface area contributed by atoms with Gasteiger partial charge in [0.05, 0.1) is 5.69 Å². The van der Waals surface area contributed by atoms with E-state index in [9.17, 15) is 4.79 Å². The lowest BCUT2D eigenvalue weighted by atomic mass is 10.2. The van der Waals surface area contributed by atoms with Crippen LogP contribution in [0.2, 0.25) is 0 Å². The van der Waals surface area contributed by atoms with Gasteiger partial charge in [0.15, 0.2) is 5.82 Å². The molecule has 1 heterocycles. The molecule has 5 nitrogen and oxygen atoms in total. The third kappa shape index (κ3) is 2.85. The molecule has 1 amide bonds. The number of rotatable bonds is 4. The predicted molar refractivity (Wildman–Crippen MR) is 65.3 cm³/mol. The normalized spacial score (nSPS) is 10.5. The van der Waals surface area contributed by atoms with E-state index in [0.29, 0.717) is 17.4 Å². The Labute approximate surface area is 95.4 Å². The van der Waals surface area contributed by atoms with Crippen LogP contribution in [0.4, 0.5) is 11.5 Å². The molecule has 4 N–H and O–H groups in total. The SMILES string of the molecule is CC(C)CN(C)c1nc(C(N)=O)ccc1N. The molecule has 16 heavy (non-hydrogen) atoms. The molecule has 0 unspecified atom stereocenters. The second-order valence-electron chi connectivity index (χ2n) is 4.25. The molecular weight excluding hydrogens is 204 g/mol. The molecule has 0 aromatic carbocycles. The molecule has 0 aliphatic carbocycles. The Morgan fingerprint density at radius 2 is 2.12 bits per heavy atom. The maximum absolute atomic E-state index is 11.0. The van der Waals surface area contributed by atoms with Gasteiger partial charge in [-0.2, -0.15) is 0 Å². The number of pyridine rings is 1. The van der Waals surface area contributed by atoms with Crippen molar-refractivity contribution in [3.05, 3.63) is 17.8 Å². The number of nitrogen functional groups attached to an aromatic ring is 1. The summed E-state index contributed by atoms with van der Waals surface area (Å²) in [5, 5.41) is 0. The second kappa shape index (κ2) is 4.83. The topological polar surface area (TPSA) is 85.2 Å². The van der Waals surface area contributed by atoms with Crippen LogP contribution in [0.25, 0.3) is 0 Å². The number of aromatic nitrogens is 1. The molecule has 1 rings (SSSR count). The zero-order chi connectivity index (χ0) is 12.3. The molecule has 0 saturated heterocycles. The Morgan fingerprint density at radius 3 is 2.62 bits per heavy atom. The Bertz CT molecular complexity index is 390. The minimum atomic E-state index is -0.542. The summed E-state index contributed by atoms with van der Waals surface area (Å²) in [4.78, 5) is 17.1. The van der Waals surface area contributed by atoms with Crippen molar-refractivity contribution in [2.45, 2.75) is 13.8 Å². The van der Waals surface area contributed by atoms with Crippen LogP contribution >= 0.6 is 0 Å². The molecule has 0 radical (unpaired) electrons. The summed E-state index contributed by atoms with van der Waals surface area (Å²) >= 11 is 0. The number of primary amides is 1. The standard InChI is InChI=1S/C11H18N4O/c1-7(2)6-15(3)11-8(12)4-5-9(14-11)10(13)16/h4-5,7H,6,12H2,1-3H3,(H2,13,16). The summed E-state index contributed by atoms with van der Waals surface area (Å²) in [5.41, 5.74) is 11.8. The first kappa shape index (κ1) is 12.3. The molecule has 0 saturated carbocycles. The van der Waals surface area contributed by atoms with Crippen molar-refractivity contribution in [2.75, 3.05) is 24.2 Å². The summed E-state index contributed by atoms with van der Waals surface area (Å²) < 4.78 is 0. The van der Waals surface area contributed by atoms with E-state index in [1.54, 1.807) is 6.07 Å². The van der Waals surface area contributed by atoms with E-state index in [0.717, 1.165) is 6.54 Å². The van der Waals surface area contributed by atoms with Gasteiger partial charge in [0.25, 0.3) is 5.91 Å². The van der Waals surface area contributed by atoms with Gasteiger partial charge in [-0.05, 0) is 18.1 Å². The maximum atomic E-state index is 11.0.